The SMILES string of the molecule is CC(Cc1nc2ccccc2s1)N1CCN(S(=O)(=O)c2ccccc2F)CC1. The van der Waals surface area contributed by atoms with E-state index in [9.17, 15) is 12.8 Å². The van der Waals surface area contributed by atoms with E-state index < -0.39 is 15.8 Å². The number of benzene rings is 2. The minimum Gasteiger partial charge on any atom is -0.298 e. The number of para-hydroxylation sites is 1. The van der Waals surface area contributed by atoms with E-state index in [2.05, 4.69) is 17.9 Å². The van der Waals surface area contributed by atoms with Crippen molar-refractivity contribution in [1.82, 2.24) is 14.2 Å². The Bertz CT molecular complexity index is 1040. The van der Waals surface area contributed by atoms with Crippen molar-refractivity contribution in [1.29, 1.82) is 0 Å². The van der Waals surface area contributed by atoms with E-state index in [4.69, 9.17) is 4.98 Å². The van der Waals surface area contributed by atoms with E-state index in [1.54, 1.807) is 17.4 Å². The highest BCUT2D eigenvalue weighted by Crippen LogP contribution is 2.25. The van der Waals surface area contributed by atoms with Crippen LogP contribution in [0.25, 0.3) is 10.2 Å². The maximum Gasteiger partial charge on any atom is 0.246 e. The second-order valence-corrected chi connectivity index (χ2v) is 10.0. The summed E-state index contributed by atoms with van der Waals surface area (Å²) in [6.07, 6.45) is 0.833. The Kier molecular flexibility index (Phi) is 5.46. The van der Waals surface area contributed by atoms with Crippen LogP contribution in [0.15, 0.2) is 53.4 Å². The first-order valence-electron chi connectivity index (χ1n) is 9.28. The molecule has 8 heteroatoms. The van der Waals surface area contributed by atoms with E-state index in [0.29, 0.717) is 26.2 Å². The van der Waals surface area contributed by atoms with Gasteiger partial charge < -0.3 is 0 Å². The predicted octanol–water partition coefficient (Wildman–Crippen LogP) is 3.37. The summed E-state index contributed by atoms with van der Waals surface area (Å²) in [5.74, 6) is -0.700. The van der Waals surface area contributed by atoms with Crippen molar-refractivity contribution in [2.75, 3.05) is 26.2 Å². The Balaban J connectivity index is 1.40. The Hall–Kier alpha value is -1.87. The third kappa shape index (κ3) is 3.82. The summed E-state index contributed by atoms with van der Waals surface area (Å²) < 4.78 is 42.0. The summed E-state index contributed by atoms with van der Waals surface area (Å²) in [4.78, 5) is 6.73. The summed E-state index contributed by atoms with van der Waals surface area (Å²) in [6.45, 7) is 4.12. The van der Waals surface area contributed by atoms with Gasteiger partial charge in [-0.2, -0.15) is 4.31 Å². The van der Waals surface area contributed by atoms with Gasteiger partial charge in [-0.05, 0) is 31.2 Å². The minimum absolute atomic E-state index is 0.244. The van der Waals surface area contributed by atoms with Gasteiger partial charge >= 0.3 is 0 Å². The third-order valence-electron chi connectivity index (χ3n) is 5.16. The molecule has 5 nitrogen and oxygen atoms in total. The molecule has 0 bridgehead atoms. The Morgan fingerprint density at radius 1 is 1.07 bits per heavy atom. The summed E-state index contributed by atoms with van der Waals surface area (Å²) in [7, 11) is -3.80. The Morgan fingerprint density at radius 3 is 2.46 bits per heavy atom. The lowest BCUT2D eigenvalue weighted by molar-refractivity contribution is 0.144. The van der Waals surface area contributed by atoms with Gasteiger partial charge in [0.1, 0.15) is 10.7 Å². The predicted molar refractivity (Wildman–Crippen MR) is 110 cm³/mol. The number of halogens is 1. The largest absolute Gasteiger partial charge is 0.298 e. The molecule has 2 heterocycles. The van der Waals surface area contributed by atoms with Crippen LogP contribution in [0.4, 0.5) is 4.39 Å². The van der Waals surface area contributed by atoms with Crippen LogP contribution in [0.2, 0.25) is 0 Å². The molecule has 0 spiro atoms. The van der Waals surface area contributed by atoms with E-state index >= 15 is 0 Å². The minimum atomic E-state index is -3.80. The van der Waals surface area contributed by atoms with Gasteiger partial charge in [-0.15, -0.1) is 11.3 Å². The molecule has 1 aliphatic heterocycles. The van der Waals surface area contributed by atoms with Gasteiger partial charge in [0.15, 0.2) is 0 Å². The molecule has 0 aliphatic carbocycles. The monoisotopic (exact) mass is 419 g/mol. The number of rotatable bonds is 5. The van der Waals surface area contributed by atoms with Gasteiger partial charge in [-0.3, -0.25) is 4.90 Å². The molecule has 3 aromatic rings. The highest BCUT2D eigenvalue weighted by atomic mass is 32.2. The lowest BCUT2D eigenvalue weighted by Crippen LogP contribution is -2.51. The van der Waals surface area contributed by atoms with Crippen LogP contribution in [-0.2, 0) is 16.4 Å². The molecule has 0 N–H and O–H groups in total. The van der Waals surface area contributed by atoms with Crippen LogP contribution in [0.1, 0.15) is 11.9 Å². The van der Waals surface area contributed by atoms with Crippen LogP contribution in [-0.4, -0.2) is 54.8 Å². The number of fused-ring (bicyclic) bond motifs is 1. The fraction of sp³-hybridized carbons (Fsp3) is 0.350. The van der Waals surface area contributed by atoms with E-state index in [-0.39, 0.29) is 10.9 Å². The maximum absolute atomic E-state index is 14.0. The molecular formula is C20H22FN3O2S2. The molecule has 2 aromatic carbocycles. The van der Waals surface area contributed by atoms with Crippen LogP contribution in [0.5, 0.6) is 0 Å². The molecule has 0 amide bonds. The molecule has 28 heavy (non-hydrogen) atoms. The van der Waals surface area contributed by atoms with E-state index in [1.807, 2.05) is 18.2 Å². The number of aromatic nitrogens is 1. The van der Waals surface area contributed by atoms with Crippen molar-refractivity contribution >= 4 is 31.6 Å². The average Bonchev–Trinajstić information content (AvgIpc) is 3.10. The lowest BCUT2D eigenvalue weighted by atomic mass is 10.2. The van der Waals surface area contributed by atoms with Gasteiger partial charge in [-0.1, -0.05) is 24.3 Å². The van der Waals surface area contributed by atoms with Crippen LogP contribution < -0.4 is 0 Å². The van der Waals surface area contributed by atoms with E-state index in [1.165, 1.54) is 27.2 Å². The molecule has 0 radical (unpaired) electrons. The number of hydrogen-bond acceptors (Lipinski definition) is 5. The fourth-order valence-electron chi connectivity index (χ4n) is 3.57. The molecule has 1 atom stereocenters. The van der Waals surface area contributed by atoms with Crippen molar-refractivity contribution in [2.45, 2.75) is 24.3 Å². The Morgan fingerprint density at radius 2 is 1.75 bits per heavy atom. The molecule has 4 rings (SSSR count). The van der Waals surface area contributed by atoms with E-state index in [0.717, 1.165) is 16.9 Å². The molecule has 1 aliphatic rings. The number of piperazine rings is 1. The second-order valence-electron chi connectivity index (χ2n) is 7.00. The average molecular weight is 420 g/mol. The van der Waals surface area contributed by atoms with Gasteiger partial charge in [0.25, 0.3) is 0 Å². The molecule has 1 unspecified atom stereocenters. The first-order valence-corrected chi connectivity index (χ1v) is 11.5. The smallest absolute Gasteiger partial charge is 0.246 e. The third-order valence-corrected chi connectivity index (χ3v) is 8.15. The van der Waals surface area contributed by atoms with Crippen LogP contribution in [0.3, 0.4) is 0 Å². The Labute approximate surface area is 168 Å². The standard InChI is InChI=1S/C20H22FN3O2S2/c1-15(14-20-22-17-7-3-4-8-18(17)27-20)23-10-12-24(13-11-23)28(25,26)19-9-5-2-6-16(19)21/h2-9,15H,10-14H2,1H3. The molecule has 148 valence electrons. The highest BCUT2D eigenvalue weighted by molar-refractivity contribution is 7.89. The zero-order valence-electron chi connectivity index (χ0n) is 15.6. The van der Waals surface area contributed by atoms with Crippen LogP contribution in [0, 0.1) is 5.82 Å². The first kappa shape index (κ1) is 19.4. The summed E-state index contributed by atoms with van der Waals surface area (Å²) in [6, 6.07) is 13.9. The van der Waals surface area contributed by atoms with Crippen molar-refractivity contribution < 1.29 is 12.8 Å². The molecule has 1 aromatic heterocycles. The number of sulfonamides is 1. The highest BCUT2D eigenvalue weighted by Gasteiger charge is 2.31. The molecular weight excluding hydrogens is 397 g/mol. The fourth-order valence-corrected chi connectivity index (χ4v) is 6.14. The topological polar surface area (TPSA) is 53.5 Å². The van der Waals surface area contributed by atoms with Crippen molar-refractivity contribution in [2.24, 2.45) is 0 Å². The summed E-state index contributed by atoms with van der Waals surface area (Å²) >= 11 is 1.71. The van der Waals surface area contributed by atoms with Gasteiger partial charge in [0, 0.05) is 38.6 Å². The zero-order chi connectivity index (χ0) is 19.7. The zero-order valence-corrected chi connectivity index (χ0v) is 17.2. The summed E-state index contributed by atoms with van der Waals surface area (Å²) in [5, 5.41) is 1.09. The summed E-state index contributed by atoms with van der Waals surface area (Å²) in [5.41, 5.74) is 1.02. The lowest BCUT2D eigenvalue weighted by Gasteiger charge is -2.37. The van der Waals surface area contributed by atoms with Gasteiger partial charge in [0.05, 0.1) is 15.2 Å². The first-order chi connectivity index (χ1) is 13.4. The van der Waals surface area contributed by atoms with Crippen LogP contribution >= 0.6 is 11.3 Å². The number of thiazole rings is 1. The van der Waals surface area contributed by atoms with Crippen molar-refractivity contribution in [3.05, 3.63) is 59.4 Å². The van der Waals surface area contributed by atoms with Crippen molar-refractivity contribution in [3.63, 3.8) is 0 Å². The quantitative estimate of drug-likeness (QED) is 0.636. The van der Waals surface area contributed by atoms with Gasteiger partial charge in [-0.25, -0.2) is 17.8 Å². The second kappa shape index (κ2) is 7.87. The number of nitrogens with zero attached hydrogens (tertiary/aromatic N) is 3. The van der Waals surface area contributed by atoms with Gasteiger partial charge in [0.2, 0.25) is 10.0 Å². The molecule has 0 saturated carbocycles. The maximum atomic E-state index is 14.0. The van der Waals surface area contributed by atoms with Crippen molar-refractivity contribution in [3.8, 4) is 0 Å². The normalized spacial score (nSPS) is 17.8. The molecule has 1 fully saturated rings. The molecule has 1 saturated heterocycles. The number of hydrogen-bond donors (Lipinski definition) is 0.